The highest BCUT2D eigenvalue weighted by Crippen LogP contribution is 2.21. The van der Waals surface area contributed by atoms with Crippen LogP contribution in [0.4, 0.5) is 11.5 Å². The third-order valence-electron chi connectivity index (χ3n) is 2.89. The molecule has 2 rings (SSSR count). The molecule has 104 valence electrons. The molecule has 20 heavy (non-hydrogen) atoms. The Hall–Kier alpha value is -2.56. The molecule has 0 spiro atoms. The van der Waals surface area contributed by atoms with Crippen LogP contribution in [0.2, 0.25) is 0 Å². The predicted octanol–water partition coefficient (Wildman–Crippen LogP) is 2.69. The minimum absolute atomic E-state index is 0.244. The maximum absolute atomic E-state index is 12.1. The van der Waals surface area contributed by atoms with Crippen LogP contribution < -0.4 is 15.4 Å². The molecule has 2 aromatic rings. The number of carbonyl (C=O) groups is 1. The quantitative estimate of drug-likeness (QED) is 0.897. The Bertz CT molecular complexity index is 626. The van der Waals surface area contributed by atoms with E-state index < -0.39 is 0 Å². The second-order valence-corrected chi connectivity index (χ2v) is 4.30. The lowest BCUT2D eigenvalue weighted by Crippen LogP contribution is -2.14. The third-order valence-corrected chi connectivity index (χ3v) is 2.89. The highest BCUT2D eigenvalue weighted by atomic mass is 16.5. The predicted molar refractivity (Wildman–Crippen MR) is 79.5 cm³/mol. The zero-order chi connectivity index (χ0) is 14.5. The van der Waals surface area contributed by atoms with Crippen molar-refractivity contribution in [1.82, 2.24) is 4.98 Å². The number of carbonyl (C=O) groups excluding carboxylic acids is 1. The van der Waals surface area contributed by atoms with Gasteiger partial charge in [0.25, 0.3) is 5.91 Å². The third kappa shape index (κ3) is 3.06. The van der Waals surface area contributed by atoms with E-state index in [1.165, 1.54) is 0 Å². The van der Waals surface area contributed by atoms with Gasteiger partial charge < -0.3 is 15.4 Å². The van der Waals surface area contributed by atoms with Crippen molar-refractivity contribution >= 4 is 17.4 Å². The molecule has 5 heteroatoms. The van der Waals surface area contributed by atoms with E-state index in [0.717, 1.165) is 11.3 Å². The van der Waals surface area contributed by atoms with Crippen LogP contribution in [0.5, 0.6) is 5.75 Å². The van der Waals surface area contributed by atoms with Gasteiger partial charge in [-0.15, -0.1) is 0 Å². The first-order valence-corrected chi connectivity index (χ1v) is 6.25. The van der Waals surface area contributed by atoms with Gasteiger partial charge >= 0.3 is 0 Å². The summed E-state index contributed by atoms with van der Waals surface area (Å²) in [5.41, 5.74) is 2.04. The van der Waals surface area contributed by atoms with E-state index in [2.05, 4.69) is 15.6 Å². The number of hydrogen-bond acceptors (Lipinski definition) is 4. The first-order chi connectivity index (χ1) is 9.63. The Labute approximate surface area is 118 Å². The van der Waals surface area contributed by atoms with Gasteiger partial charge in [-0.3, -0.25) is 4.79 Å². The average Bonchev–Trinajstić information content (AvgIpc) is 2.47. The smallest absolute Gasteiger partial charge is 0.274 e. The second kappa shape index (κ2) is 6.06. The molecule has 0 bridgehead atoms. The van der Waals surface area contributed by atoms with Gasteiger partial charge in [0.1, 0.15) is 17.3 Å². The molecule has 1 amide bonds. The number of rotatable bonds is 4. The molecule has 1 heterocycles. The number of nitrogens with one attached hydrogen (secondary N) is 2. The van der Waals surface area contributed by atoms with Crippen molar-refractivity contribution in [2.75, 3.05) is 24.8 Å². The zero-order valence-corrected chi connectivity index (χ0v) is 11.7. The molecular formula is C15H17N3O2. The summed E-state index contributed by atoms with van der Waals surface area (Å²) >= 11 is 0. The lowest BCUT2D eigenvalue weighted by Gasteiger charge is -2.09. The van der Waals surface area contributed by atoms with Gasteiger partial charge in [0.05, 0.1) is 7.11 Å². The van der Waals surface area contributed by atoms with E-state index in [1.807, 2.05) is 19.1 Å². The maximum Gasteiger partial charge on any atom is 0.274 e. The van der Waals surface area contributed by atoms with Crippen molar-refractivity contribution in [2.24, 2.45) is 0 Å². The van der Waals surface area contributed by atoms with E-state index in [0.29, 0.717) is 17.2 Å². The van der Waals surface area contributed by atoms with Crippen molar-refractivity contribution in [3.8, 4) is 5.75 Å². The fourth-order valence-corrected chi connectivity index (χ4v) is 1.85. The number of benzene rings is 1. The Morgan fingerprint density at radius 3 is 2.70 bits per heavy atom. The van der Waals surface area contributed by atoms with Crippen LogP contribution in [0.3, 0.4) is 0 Å². The fraction of sp³-hybridized carbons (Fsp3) is 0.200. The maximum atomic E-state index is 12.1. The monoisotopic (exact) mass is 271 g/mol. The second-order valence-electron chi connectivity index (χ2n) is 4.30. The number of hydrogen-bond donors (Lipinski definition) is 2. The van der Waals surface area contributed by atoms with Crippen molar-refractivity contribution in [1.29, 1.82) is 0 Å². The summed E-state index contributed by atoms with van der Waals surface area (Å²) in [4.78, 5) is 16.3. The van der Waals surface area contributed by atoms with Crippen LogP contribution in [-0.4, -0.2) is 25.0 Å². The molecule has 1 aromatic carbocycles. The Morgan fingerprint density at radius 2 is 2.05 bits per heavy atom. The van der Waals surface area contributed by atoms with Gasteiger partial charge in [-0.2, -0.15) is 0 Å². The molecule has 0 fully saturated rings. The van der Waals surface area contributed by atoms with E-state index >= 15 is 0 Å². The minimum Gasteiger partial charge on any atom is -0.496 e. The number of nitrogens with zero attached hydrogens (tertiary/aromatic N) is 1. The van der Waals surface area contributed by atoms with Crippen LogP contribution in [-0.2, 0) is 0 Å². The number of aromatic nitrogens is 1. The number of pyridine rings is 1. The lowest BCUT2D eigenvalue weighted by atomic mass is 10.2. The minimum atomic E-state index is -0.244. The summed E-state index contributed by atoms with van der Waals surface area (Å²) in [6.07, 6.45) is 0. The topological polar surface area (TPSA) is 63.2 Å². The van der Waals surface area contributed by atoms with E-state index in [4.69, 9.17) is 4.74 Å². The normalized spacial score (nSPS) is 9.95. The zero-order valence-electron chi connectivity index (χ0n) is 11.7. The fourth-order valence-electron chi connectivity index (χ4n) is 1.85. The molecule has 0 aliphatic heterocycles. The molecule has 0 aliphatic carbocycles. The summed E-state index contributed by atoms with van der Waals surface area (Å²) in [6.45, 7) is 1.92. The Balaban J connectivity index is 2.16. The Kier molecular flexibility index (Phi) is 4.20. The van der Waals surface area contributed by atoms with Crippen LogP contribution in [0.15, 0.2) is 36.4 Å². The molecule has 0 saturated carbocycles. The number of ether oxygens (including phenoxy) is 1. The molecule has 2 N–H and O–H groups in total. The highest BCUT2D eigenvalue weighted by Gasteiger charge is 2.09. The summed E-state index contributed by atoms with van der Waals surface area (Å²) in [6, 6.07) is 10.7. The van der Waals surface area contributed by atoms with Gasteiger partial charge in [-0.05, 0) is 42.8 Å². The van der Waals surface area contributed by atoms with Crippen LogP contribution in [0.25, 0.3) is 0 Å². The van der Waals surface area contributed by atoms with Crippen molar-refractivity contribution < 1.29 is 9.53 Å². The summed E-state index contributed by atoms with van der Waals surface area (Å²) in [5, 5.41) is 5.72. The molecule has 0 unspecified atom stereocenters. The summed E-state index contributed by atoms with van der Waals surface area (Å²) in [7, 11) is 3.38. The van der Waals surface area contributed by atoms with Crippen molar-refractivity contribution in [3.05, 3.63) is 47.7 Å². The average molecular weight is 271 g/mol. The lowest BCUT2D eigenvalue weighted by molar-refractivity contribution is 0.102. The van der Waals surface area contributed by atoms with Gasteiger partial charge in [-0.25, -0.2) is 4.98 Å². The van der Waals surface area contributed by atoms with Gasteiger partial charge in [0.15, 0.2) is 0 Å². The van der Waals surface area contributed by atoms with Gasteiger partial charge in [-0.1, -0.05) is 6.07 Å². The van der Waals surface area contributed by atoms with E-state index in [-0.39, 0.29) is 5.91 Å². The first kappa shape index (κ1) is 13.9. The molecule has 0 saturated heterocycles. The molecule has 5 nitrogen and oxygen atoms in total. The molecular weight excluding hydrogens is 254 g/mol. The van der Waals surface area contributed by atoms with Gasteiger partial charge in [0, 0.05) is 12.7 Å². The van der Waals surface area contributed by atoms with Crippen molar-refractivity contribution in [2.45, 2.75) is 6.92 Å². The molecule has 0 radical (unpaired) electrons. The van der Waals surface area contributed by atoms with Crippen LogP contribution >= 0.6 is 0 Å². The summed E-state index contributed by atoms with van der Waals surface area (Å²) < 4.78 is 5.19. The van der Waals surface area contributed by atoms with Crippen LogP contribution in [0, 0.1) is 6.92 Å². The van der Waals surface area contributed by atoms with Gasteiger partial charge in [0.2, 0.25) is 0 Å². The van der Waals surface area contributed by atoms with Crippen LogP contribution in [0.1, 0.15) is 16.1 Å². The van der Waals surface area contributed by atoms with E-state index in [9.17, 15) is 4.79 Å². The number of anilines is 2. The highest BCUT2D eigenvalue weighted by molar-refractivity contribution is 6.03. The number of methoxy groups -OCH3 is 1. The SMILES string of the molecule is CNc1cccc(C(=O)Nc2ccc(OC)c(C)c2)n1. The molecule has 1 aromatic heterocycles. The number of aryl methyl sites for hydroxylation is 1. The van der Waals surface area contributed by atoms with Crippen molar-refractivity contribution in [3.63, 3.8) is 0 Å². The first-order valence-electron chi connectivity index (χ1n) is 6.25. The van der Waals surface area contributed by atoms with E-state index in [1.54, 1.807) is 38.4 Å². The molecule has 0 atom stereocenters. The summed E-state index contributed by atoms with van der Waals surface area (Å²) in [5.74, 6) is 1.20. The largest absolute Gasteiger partial charge is 0.496 e. The Morgan fingerprint density at radius 1 is 1.25 bits per heavy atom. The number of amides is 1. The molecule has 0 aliphatic rings. The standard InChI is InChI=1S/C15H17N3O2/c1-10-9-11(7-8-13(10)20-3)17-15(19)12-5-4-6-14(16-2)18-12/h4-9H,1-3H3,(H,16,18)(H,17,19).